The lowest BCUT2D eigenvalue weighted by Gasteiger charge is -2.23. The summed E-state index contributed by atoms with van der Waals surface area (Å²) < 4.78 is 0. The molecule has 0 fully saturated rings. The summed E-state index contributed by atoms with van der Waals surface area (Å²) in [5.74, 6) is -0.141. The summed E-state index contributed by atoms with van der Waals surface area (Å²) in [7, 11) is 0. The van der Waals surface area contributed by atoms with E-state index < -0.39 is 0 Å². The number of hydrogen-bond acceptors (Lipinski definition) is 2. The van der Waals surface area contributed by atoms with Crippen molar-refractivity contribution in [3.8, 4) is 0 Å². The number of carbonyl (C=O) groups excluding carboxylic acids is 2. The molecule has 132 valence electrons. The van der Waals surface area contributed by atoms with Crippen molar-refractivity contribution in [1.29, 1.82) is 0 Å². The van der Waals surface area contributed by atoms with E-state index in [1.54, 1.807) is 11.0 Å². The van der Waals surface area contributed by atoms with Gasteiger partial charge in [0, 0.05) is 31.4 Å². The Balaban J connectivity index is 2.13. The van der Waals surface area contributed by atoms with Crippen molar-refractivity contribution in [1.82, 2.24) is 4.90 Å². The van der Waals surface area contributed by atoms with Gasteiger partial charge in [0.1, 0.15) is 0 Å². The second-order valence-electron chi connectivity index (χ2n) is 6.05. The van der Waals surface area contributed by atoms with Crippen LogP contribution in [0.4, 0.5) is 16.2 Å². The van der Waals surface area contributed by atoms with Crippen LogP contribution in [0, 0.1) is 6.92 Å². The first kappa shape index (κ1) is 18.5. The van der Waals surface area contributed by atoms with Gasteiger partial charge in [0.05, 0.1) is 0 Å². The molecular weight excluding hydrogens is 314 g/mol. The fourth-order valence-electron chi connectivity index (χ4n) is 2.56. The number of nitrogens with one attached hydrogen (secondary N) is 2. The van der Waals surface area contributed by atoms with E-state index in [1.165, 1.54) is 6.92 Å². The number of hydrogen-bond donors (Lipinski definition) is 2. The van der Waals surface area contributed by atoms with E-state index in [-0.39, 0.29) is 11.9 Å². The minimum absolute atomic E-state index is 0.141. The van der Waals surface area contributed by atoms with Gasteiger partial charge < -0.3 is 15.5 Å². The fraction of sp³-hybridized carbons (Fsp3) is 0.300. The molecule has 0 heterocycles. The molecule has 0 unspecified atom stereocenters. The molecule has 0 saturated heterocycles. The van der Waals surface area contributed by atoms with Gasteiger partial charge in [-0.15, -0.1) is 0 Å². The number of anilines is 2. The maximum absolute atomic E-state index is 12.7. The van der Waals surface area contributed by atoms with Crippen LogP contribution in [-0.4, -0.2) is 23.4 Å². The zero-order valence-electron chi connectivity index (χ0n) is 15.0. The zero-order chi connectivity index (χ0) is 18.2. The Bertz CT molecular complexity index is 729. The summed E-state index contributed by atoms with van der Waals surface area (Å²) >= 11 is 0. The lowest BCUT2D eigenvalue weighted by atomic mass is 10.1. The summed E-state index contributed by atoms with van der Waals surface area (Å²) in [6.45, 7) is 6.67. The average Bonchev–Trinajstić information content (AvgIpc) is 2.58. The molecule has 2 aromatic rings. The maximum atomic E-state index is 12.7. The molecule has 2 aromatic carbocycles. The summed E-state index contributed by atoms with van der Waals surface area (Å²) in [6, 6.07) is 15.3. The van der Waals surface area contributed by atoms with Crippen LogP contribution in [0.5, 0.6) is 0 Å². The van der Waals surface area contributed by atoms with Crippen molar-refractivity contribution in [2.24, 2.45) is 0 Å². The second-order valence-corrected chi connectivity index (χ2v) is 6.05. The summed E-state index contributed by atoms with van der Waals surface area (Å²) in [5.41, 5.74) is 3.40. The van der Waals surface area contributed by atoms with Crippen molar-refractivity contribution in [2.75, 3.05) is 17.2 Å². The Morgan fingerprint density at radius 1 is 1.04 bits per heavy atom. The molecule has 25 heavy (non-hydrogen) atoms. The van der Waals surface area contributed by atoms with Crippen molar-refractivity contribution in [2.45, 2.75) is 33.7 Å². The molecular formula is C20H25N3O2. The van der Waals surface area contributed by atoms with E-state index in [9.17, 15) is 9.59 Å². The molecule has 0 aliphatic rings. The average molecular weight is 339 g/mol. The van der Waals surface area contributed by atoms with Crippen molar-refractivity contribution >= 4 is 23.3 Å². The number of carbonyl (C=O) groups is 2. The van der Waals surface area contributed by atoms with Gasteiger partial charge in [-0.2, -0.15) is 0 Å². The highest BCUT2D eigenvalue weighted by Crippen LogP contribution is 2.21. The van der Waals surface area contributed by atoms with Crippen LogP contribution in [0.1, 0.15) is 31.4 Å². The first-order valence-electron chi connectivity index (χ1n) is 8.47. The lowest BCUT2D eigenvalue weighted by molar-refractivity contribution is -0.114. The van der Waals surface area contributed by atoms with Crippen molar-refractivity contribution in [3.63, 3.8) is 0 Å². The Labute approximate surface area is 149 Å². The summed E-state index contributed by atoms with van der Waals surface area (Å²) in [4.78, 5) is 25.7. The van der Waals surface area contributed by atoms with Crippen molar-refractivity contribution < 1.29 is 9.59 Å². The van der Waals surface area contributed by atoms with Crippen LogP contribution < -0.4 is 10.6 Å². The van der Waals surface area contributed by atoms with Gasteiger partial charge in [0.2, 0.25) is 5.91 Å². The second kappa shape index (κ2) is 8.87. The van der Waals surface area contributed by atoms with Crippen LogP contribution in [-0.2, 0) is 11.3 Å². The Morgan fingerprint density at radius 3 is 2.40 bits per heavy atom. The van der Waals surface area contributed by atoms with Gasteiger partial charge in [-0.3, -0.25) is 4.79 Å². The van der Waals surface area contributed by atoms with Gasteiger partial charge in [0.15, 0.2) is 0 Å². The number of aryl methyl sites for hydroxylation is 1. The van der Waals surface area contributed by atoms with E-state index in [1.807, 2.05) is 56.3 Å². The highest BCUT2D eigenvalue weighted by Gasteiger charge is 2.14. The Kier molecular flexibility index (Phi) is 6.57. The molecule has 0 atom stereocenters. The van der Waals surface area contributed by atoms with Gasteiger partial charge >= 0.3 is 6.03 Å². The van der Waals surface area contributed by atoms with E-state index in [0.29, 0.717) is 24.5 Å². The Morgan fingerprint density at radius 2 is 1.76 bits per heavy atom. The molecule has 3 amide bonds. The minimum Gasteiger partial charge on any atom is -0.326 e. The van der Waals surface area contributed by atoms with Crippen molar-refractivity contribution in [3.05, 3.63) is 59.7 Å². The topological polar surface area (TPSA) is 61.4 Å². The fourth-order valence-corrected chi connectivity index (χ4v) is 2.56. The predicted molar refractivity (Wildman–Crippen MR) is 102 cm³/mol. The summed E-state index contributed by atoms with van der Waals surface area (Å²) in [6.07, 6.45) is 0.880. The van der Waals surface area contributed by atoms with E-state index in [2.05, 4.69) is 10.6 Å². The molecule has 0 spiro atoms. The number of benzene rings is 2. The van der Waals surface area contributed by atoms with Gasteiger partial charge in [-0.05, 0) is 36.6 Å². The molecule has 0 radical (unpaired) electrons. The lowest BCUT2D eigenvalue weighted by Crippen LogP contribution is -2.35. The zero-order valence-corrected chi connectivity index (χ0v) is 15.0. The number of nitrogens with zero attached hydrogens (tertiary/aromatic N) is 1. The van der Waals surface area contributed by atoms with Crippen LogP contribution in [0.15, 0.2) is 48.5 Å². The predicted octanol–water partition coefficient (Wildman–Crippen LogP) is 4.40. The van der Waals surface area contributed by atoms with Crippen LogP contribution >= 0.6 is 0 Å². The first-order valence-corrected chi connectivity index (χ1v) is 8.47. The third-order valence-corrected chi connectivity index (χ3v) is 3.80. The van der Waals surface area contributed by atoms with Gasteiger partial charge in [-0.1, -0.05) is 43.3 Å². The van der Waals surface area contributed by atoms with Crippen LogP contribution in [0.2, 0.25) is 0 Å². The molecule has 2 rings (SSSR count). The maximum Gasteiger partial charge on any atom is 0.322 e. The van der Waals surface area contributed by atoms with E-state index in [0.717, 1.165) is 17.5 Å². The molecule has 5 nitrogen and oxygen atoms in total. The van der Waals surface area contributed by atoms with E-state index in [4.69, 9.17) is 0 Å². The molecule has 0 aliphatic carbocycles. The number of amides is 3. The number of rotatable bonds is 6. The highest BCUT2D eigenvalue weighted by molar-refractivity contribution is 5.93. The monoisotopic (exact) mass is 339 g/mol. The quantitative estimate of drug-likeness (QED) is 0.819. The normalized spacial score (nSPS) is 10.2. The van der Waals surface area contributed by atoms with E-state index >= 15 is 0 Å². The SMILES string of the molecule is CCCN(Cc1ccccc1)C(=O)Nc1cc(NC(C)=O)ccc1C. The smallest absolute Gasteiger partial charge is 0.322 e. The third-order valence-electron chi connectivity index (χ3n) is 3.80. The Hall–Kier alpha value is -2.82. The largest absolute Gasteiger partial charge is 0.326 e. The molecule has 0 aliphatic heterocycles. The number of urea groups is 1. The molecule has 5 heteroatoms. The minimum atomic E-state index is -0.145. The molecule has 2 N–H and O–H groups in total. The van der Waals surface area contributed by atoms with Gasteiger partial charge in [-0.25, -0.2) is 4.79 Å². The standard InChI is InChI=1S/C20H25N3O2/c1-4-12-23(14-17-8-6-5-7-9-17)20(25)22-19-13-18(21-16(3)24)11-10-15(19)2/h5-11,13H,4,12,14H2,1-3H3,(H,21,24)(H,22,25). The van der Waals surface area contributed by atoms with Gasteiger partial charge in [0.25, 0.3) is 0 Å². The first-order chi connectivity index (χ1) is 12.0. The van der Waals surface area contributed by atoms with Crippen LogP contribution in [0.3, 0.4) is 0 Å². The highest BCUT2D eigenvalue weighted by atomic mass is 16.2. The van der Waals surface area contributed by atoms with Crippen LogP contribution in [0.25, 0.3) is 0 Å². The third kappa shape index (κ3) is 5.64. The molecule has 0 aromatic heterocycles. The molecule has 0 saturated carbocycles. The molecule has 0 bridgehead atoms. The summed E-state index contributed by atoms with van der Waals surface area (Å²) in [5, 5.41) is 5.70.